The van der Waals surface area contributed by atoms with Crippen LogP contribution in [0.1, 0.15) is 13.3 Å². The van der Waals surface area contributed by atoms with Gasteiger partial charge in [0.25, 0.3) is 0 Å². The van der Waals surface area contributed by atoms with Crippen LogP contribution in [-0.4, -0.2) is 25.7 Å². The van der Waals surface area contributed by atoms with Crippen molar-refractivity contribution in [1.29, 1.82) is 0 Å². The lowest BCUT2D eigenvalue weighted by atomic mass is 10.3. The van der Waals surface area contributed by atoms with Gasteiger partial charge < -0.3 is 10.1 Å². The SMILES string of the molecule is C=CCC[NH2+]C(C)C(=O)OC. The number of esters is 1. The first-order valence-corrected chi connectivity index (χ1v) is 3.74. The Kier molecular flexibility index (Phi) is 5.47. The van der Waals surface area contributed by atoms with Gasteiger partial charge in [-0.3, -0.25) is 0 Å². The number of carbonyl (C=O) groups excluding carboxylic acids is 1. The van der Waals surface area contributed by atoms with E-state index >= 15 is 0 Å². The molecule has 64 valence electrons. The van der Waals surface area contributed by atoms with Gasteiger partial charge in [0.05, 0.1) is 13.7 Å². The van der Waals surface area contributed by atoms with E-state index in [9.17, 15) is 4.79 Å². The molecule has 1 unspecified atom stereocenters. The number of nitrogens with two attached hydrogens (primary N) is 1. The van der Waals surface area contributed by atoms with Crippen LogP contribution in [0.3, 0.4) is 0 Å². The molecule has 3 heteroatoms. The Hall–Kier alpha value is -0.830. The van der Waals surface area contributed by atoms with Gasteiger partial charge in [0.2, 0.25) is 0 Å². The van der Waals surface area contributed by atoms with E-state index in [1.807, 2.05) is 18.3 Å². The summed E-state index contributed by atoms with van der Waals surface area (Å²) < 4.78 is 4.55. The van der Waals surface area contributed by atoms with Gasteiger partial charge in [-0.1, -0.05) is 6.08 Å². The molecule has 0 aromatic carbocycles. The van der Waals surface area contributed by atoms with Gasteiger partial charge >= 0.3 is 5.97 Å². The predicted molar refractivity (Wildman–Crippen MR) is 43.1 cm³/mol. The van der Waals surface area contributed by atoms with Crippen molar-refractivity contribution in [2.24, 2.45) is 0 Å². The molecule has 0 fully saturated rings. The van der Waals surface area contributed by atoms with Crippen LogP contribution >= 0.6 is 0 Å². The van der Waals surface area contributed by atoms with E-state index in [0.29, 0.717) is 0 Å². The van der Waals surface area contributed by atoms with Crippen molar-refractivity contribution < 1.29 is 14.8 Å². The van der Waals surface area contributed by atoms with Gasteiger partial charge in [0, 0.05) is 6.42 Å². The predicted octanol–water partition coefficient (Wildman–Crippen LogP) is -0.313. The standard InChI is InChI=1S/C8H15NO2/c1-4-5-6-9-7(2)8(10)11-3/h4,7,9H,1,5-6H2,2-3H3/p+1. The lowest BCUT2D eigenvalue weighted by Crippen LogP contribution is -2.91. The van der Waals surface area contributed by atoms with E-state index in [4.69, 9.17) is 0 Å². The van der Waals surface area contributed by atoms with E-state index in [0.717, 1.165) is 13.0 Å². The molecular weight excluding hydrogens is 142 g/mol. The first kappa shape index (κ1) is 10.2. The van der Waals surface area contributed by atoms with E-state index in [1.165, 1.54) is 7.11 Å². The first-order valence-electron chi connectivity index (χ1n) is 3.74. The van der Waals surface area contributed by atoms with Crippen molar-refractivity contribution >= 4 is 5.97 Å². The second-order valence-electron chi connectivity index (χ2n) is 2.41. The van der Waals surface area contributed by atoms with Crippen molar-refractivity contribution in [3.63, 3.8) is 0 Å². The summed E-state index contributed by atoms with van der Waals surface area (Å²) in [5.74, 6) is -0.172. The fourth-order valence-electron chi connectivity index (χ4n) is 0.746. The van der Waals surface area contributed by atoms with E-state index in [-0.39, 0.29) is 12.0 Å². The largest absolute Gasteiger partial charge is 0.465 e. The molecule has 0 radical (unpaired) electrons. The van der Waals surface area contributed by atoms with Crippen molar-refractivity contribution in [2.75, 3.05) is 13.7 Å². The van der Waals surface area contributed by atoms with Gasteiger partial charge in [-0.25, -0.2) is 4.79 Å². The Morgan fingerprint density at radius 1 is 1.82 bits per heavy atom. The Labute approximate surface area is 67.4 Å². The van der Waals surface area contributed by atoms with E-state index in [1.54, 1.807) is 0 Å². The molecule has 0 aliphatic heterocycles. The molecule has 0 rings (SSSR count). The molecule has 0 saturated carbocycles. The summed E-state index contributed by atoms with van der Waals surface area (Å²) in [4.78, 5) is 10.8. The van der Waals surface area contributed by atoms with Gasteiger partial charge in [0.15, 0.2) is 6.04 Å². The van der Waals surface area contributed by atoms with Gasteiger partial charge in [0.1, 0.15) is 0 Å². The second kappa shape index (κ2) is 5.92. The van der Waals surface area contributed by atoms with Crippen molar-refractivity contribution in [3.05, 3.63) is 12.7 Å². The number of ether oxygens (including phenoxy) is 1. The van der Waals surface area contributed by atoms with Crippen LogP contribution in [0.15, 0.2) is 12.7 Å². The quantitative estimate of drug-likeness (QED) is 0.339. The molecule has 2 N–H and O–H groups in total. The first-order chi connectivity index (χ1) is 5.22. The average Bonchev–Trinajstić information content (AvgIpc) is 2.03. The monoisotopic (exact) mass is 158 g/mol. The maximum atomic E-state index is 10.8. The molecule has 1 atom stereocenters. The number of hydrogen-bond donors (Lipinski definition) is 1. The summed E-state index contributed by atoms with van der Waals surface area (Å²) in [6.07, 6.45) is 2.75. The fraction of sp³-hybridized carbons (Fsp3) is 0.625. The zero-order valence-corrected chi connectivity index (χ0v) is 7.17. The smallest absolute Gasteiger partial charge is 0.364 e. The van der Waals surface area contributed by atoms with E-state index < -0.39 is 0 Å². The van der Waals surface area contributed by atoms with Crippen molar-refractivity contribution in [1.82, 2.24) is 0 Å². The molecular formula is C8H16NO2+. The molecule has 0 aromatic heterocycles. The fourth-order valence-corrected chi connectivity index (χ4v) is 0.746. The molecule has 0 aliphatic rings. The molecule has 3 nitrogen and oxygen atoms in total. The zero-order chi connectivity index (χ0) is 8.69. The summed E-state index contributed by atoms with van der Waals surface area (Å²) in [6, 6.07) is -0.0973. The average molecular weight is 158 g/mol. The van der Waals surface area contributed by atoms with Crippen LogP contribution in [0, 0.1) is 0 Å². The van der Waals surface area contributed by atoms with Gasteiger partial charge in [-0.2, -0.15) is 0 Å². The highest BCUT2D eigenvalue weighted by atomic mass is 16.5. The second-order valence-corrected chi connectivity index (χ2v) is 2.41. The topological polar surface area (TPSA) is 42.9 Å². The maximum absolute atomic E-state index is 10.8. The highest BCUT2D eigenvalue weighted by Gasteiger charge is 2.14. The molecule has 0 saturated heterocycles. The highest BCUT2D eigenvalue weighted by molar-refractivity contribution is 5.73. The van der Waals surface area contributed by atoms with Crippen LogP contribution in [-0.2, 0) is 9.53 Å². The Morgan fingerprint density at radius 3 is 2.91 bits per heavy atom. The van der Waals surface area contributed by atoms with Crippen LogP contribution in [0.2, 0.25) is 0 Å². The van der Waals surface area contributed by atoms with Gasteiger partial charge in [-0.15, -0.1) is 6.58 Å². The van der Waals surface area contributed by atoms with Crippen molar-refractivity contribution in [2.45, 2.75) is 19.4 Å². The minimum absolute atomic E-state index is 0.0973. The molecule has 0 amide bonds. The molecule has 0 heterocycles. The summed E-state index contributed by atoms with van der Waals surface area (Å²) in [6.45, 7) is 6.30. The molecule has 11 heavy (non-hydrogen) atoms. The third-order valence-electron chi connectivity index (χ3n) is 1.46. The van der Waals surface area contributed by atoms with Crippen LogP contribution in [0.25, 0.3) is 0 Å². The van der Waals surface area contributed by atoms with Crippen molar-refractivity contribution in [3.8, 4) is 0 Å². The Balaban J connectivity index is 3.43. The molecule has 0 aliphatic carbocycles. The highest BCUT2D eigenvalue weighted by Crippen LogP contribution is 1.78. The lowest BCUT2D eigenvalue weighted by molar-refractivity contribution is -0.674. The minimum Gasteiger partial charge on any atom is -0.465 e. The molecule has 0 bridgehead atoms. The van der Waals surface area contributed by atoms with E-state index in [2.05, 4.69) is 11.3 Å². The Morgan fingerprint density at radius 2 is 2.45 bits per heavy atom. The number of hydrogen-bond acceptors (Lipinski definition) is 2. The van der Waals surface area contributed by atoms with Crippen LogP contribution in [0.5, 0.6) is 0 Å². The molecule has 0 spiro atoms. The third-order valence-corrected chi connectivity index (χ3v) is 1.46. The Bertz CT molecular complexity index is 134. The number of rotatable bonds is 5. The summed E-state index contributed by atoms with van der Waals surface area (Å²) in [5.41, 5.74) is 0. The van der Waals surface area contributed by atoms with Crippen LogP contribution < -0.4 is 5.32 Å². The number of carbonyl (C=O) groups is 1. The number of quaternary nitrogens is 1. The third kappa shape index (κ3) is 4.56. The number of methoxy groups -OCH3 is 1. The van der Waals surface area contributed by atoms with Gasteiger partial charge in [-0.05, 0) is 6.92 Å². The zero-order valence-electron chi connectivity index (χ0n) is 7.17. The summed E-state index contributed by atoms with van der Waals surface area (Å²) in [7, 11) is 1.40. The summed E-state index contributed by atoms with van der Waals surface area (Å²) in [5, 5.41) is 1.94. The minimum atomic E-state index is -0.172. The molecule has 0 aromatic rings. The summed E-state index contributed by atoms with van der Waals surface area (Å²) >= 11 is 0. The lowest BCUT2D eigenvalue weighted by Gasteiger charge is -2.06. The maximum Gasteiger partial charge on any atom is 0.364 e. The normalized spacial score (nSPS) is 12.2. The van der Waals surface area contributed by atoms with Crippen LogP contribution in [0.4, 0.5) is 0 Å².